The molecule has 1 aromatic heterocycles. The average molecular weight is 316 g/mol. The second-order valence-electron chi connectivity index (χ2n) is 5.25. The standard InChI is InChI=1S/C14H22BrNS/c1-10-6-4-3-5-7-12(10)16-11(2)13-8-9-14(15)17-13/h8-12,16H,3-7H2,1-2H3. The maximum Gasteiger partial charge on any atom is 0.0701 e. The van der Waals surface area contributed by atoms with E-state index in [1.165, 1.54) is 40.8 Å². The van der Waals surface area contributed by atoms with Crippen molar-refractivity contribution in [2.45, 2.75) is 58.0 Å². The Morgan fingerprint density at radius 2 is 2.06 bits per heavy atom. The molecule has 0 bridgehead atoms. The molecule has 0 aromatic carbocycles. The Morgan fingerprint density at radius 3 is 2.76 bits per heavy atom. The summed E-state index contributed by atoms with van der Waals surface area (Å²) < 4.78 is 1.23. The van der Waals surface area contributed by atoms with Crippen molar-refractivity contribution in [2.24, 2.45) is 5.92 Å². The van der Waals surface area contributed by atoms with Crippen molar-refractivity contribution >= 4 is 27.3 Å². The van der Waals surface area contributed by atoms with E-state index in [0.29, 0.717) is 12.1 Å². The fraction of sp³-hybridized carbons (Fsp3) is 0.714. The zero-order chi connectivity index (χ0) is 12.3. The topological polar surface area (TPSA) is 12.0 Å². The molecule has 1 heterocycles. The smallest absolute Gasteiger partial charge is 0.0701 e. The highest BCUT2D eigenvalue weighted by atomic mass is 79.9. The van der Waals surface area contributed by atoms with Crippen molar-refractivity contribution in [3.63, 3.8) is 0 Å². The molecule has 0 saturated heterocycles. The lowest BCUT2D eigenvalue weighted by molar-refractivity contribution is 0.332. The van der Waals surface area contributed by atoms with Gasteiger partial charge in [-0.15, -0.1) is 11.3 Å². The monoisotopic (exact) mass is 315 g/mol. The molecule has 17 heavy (non-hydrogen) atoms. The van der Waals surface area contributed by atoms with Crippen LogP contribution in [-0.2, 0) is 0 Å². The normalized spacial score (nSPS) is 27.7. The third kappa shape index (κ3) is 3.80. The Bertz CT molecular complexity index is 350. The Balaban J connectivity index is 1.94. The highest BCUT2D eigenvalue weighted by molar-refractivity contribution is 9.11. The summed E-state index contributed by atoms with van der Waals surface area (Å²) in [4.78, 5) is 1.44. The van der Waals surface area contributed by atoms with Crippen LogP contribution in [0.2, 0.25) is 0 Å². The van der Waals surface area contributed by atoms with Gasteiger partial charge >= 0.3 is 0 Å². The van der Waals surface area contributed by atoms with E-state index in [1.54, 1.807) is 0 Å². The van der Waals surface area contributed by atoms with Crippen LogP contribution in [-0.4, -0.2) is 6.04 Å². The molecular formula is C14H22BrNS. The van der Waals surface area contributed by atoms with Gasteiger partial charge in [-0.1, -0.05) is 26.2 Å². The van der Waals surface area contributed by atoms with Crippen molar-refractivity contribution in [3.05, 3.63) is 20.8 Å². The zero-order valence-corrected chi connectivity index (χ0v) is 13.1. The Kier molecular flexibility index (Phi) is 5.07. The van der Waals surface area contributed by atoms with E-state index >= 15 is 0 Å². The predicted molar refractivity (Wildman–Crippen MR) is 79.6 cm³/mol. The molecule has 1 aliphatic carbocycles. The molecule has 2 rings (SSSR count). The van der Waals surface area contributed by atoms with Crippen LogP contribution in [0.1, 0.15) is 56.9 Å². The van der Waals surface area contributed by atoms with Crippen LogP contribution >= 0.6 is 27.3 Å². The van der Waals surface area contributed by atoms with Gasteiger partial charge in [0.2, 0.25) is 0 Å². The minimum absolute atomic E-state index is 0.483. The Hall–Kier alpha value is 0.140. The fourth-order valence-electron chi connectivity index (χ4n) is 2.70. The van der Waals surface area contributed by atoms with Gasteiger partial charge in [0, 0.05) is 17.0 Å². The largest absolute Gasteiger partial charge is 0.306 e. The zero-order valence-electron chi connectivity index (χ0n) is 10.7. The summed E-state index contributed by atoms with van der Waals surface area (Å²) in [6.45, 7) is 4.69. The van der Waals surface area contributed by atoms with Crippen LogP contribution in [0.25, 0.3) is 0 Å². The van der Waals surface area contributed by atoms with Crippen molar-refractivity contribution in [1.82, 2.24) is 5.32 Å². The number of halogens is 1. The van der Waals surface area contributed by atoms with Gasteiger partial charge in [-0.25, -0.2) is 0 Å². The van der Waals surface area contributed by atoms with Crippen LogP contribution in [0, 0.1) is 5.92 Å². The molecule has 0 aliphatic heterocycles. The van der Waals surface area contributed by atoms with Gasteiger partial charge in [0.15, 0.2) is 0 Å². The molecule has 3 heteroatoms. The lowest BCUT2D eigenvalue weighted by Gasteiger charge is -2.26. The third-order valence-corrected chi connectivity index (χ3v) is 5.65. The van der Waals surface area contributed by atoms with Crippen molar-refractivity contribution in [1.29, 1.82) is 0 Å². The first-order valence-electron chi connectivity index (χ1n) is 6.68. The molecule has 1 saturated carbocycles. The van der Waals surface area contributed by atoms with E-state index < -0.39 is 0 Å². The summed E-state index contributed by atoms with van der Waals surface area (Å²) in [5.74, 6) is 0.823. The minimum atomic E-state index is 0.483. The van der Waals surface area contributed by atoms with E-state index in [2.05, 4.69) is 47.2 Å². The molecular weight excluding hydrogens is 294 g/mol. The van der Waals surface area contributed by atoms with Crippen LogP contribution in [0.4, 0.5) is 0 Å². The van der Waals surface area contributed by atoms with Crippen LogP contribution in [0.3, 0.4) is 0 Å². The van der Waals surface area contributed by atoms with E-state index in [0.717, 1.165) is 5.92 Å². The van der Waals surface area contributed by atoms with Crippen LogP contribution in [0.15, 0.2) is 15.9 Å². The van der Waals surface area contributed by atoms with Gasteiger partial charge in [0.05, 0.1) is 3.79 Å². The SMILES string of the molecule is CC(NC1CCCCCC1C)c1ccc(Br)s1. The second kappa shape index (κ2) is 6.35. The number of hydrogen-bond donors (Lipinski definition) is 1. The Labute approximate surface area is 117 Å². The van der Waals surface area contributed by atoms with Gasteiger partial charge in [-0.3, -0.25) is 0 Å². The lowest BCUT2D eigenvalue weighted by Crippen LogP contribution is -2.35. The molecule has 0 radical (unpaired) electrons. The minimum Gasteiger partial charge on any atom is -0.306 e. The molecule has 1 aliphatic rings. The van der Waals surface area contributed by atoms with E-state index in [4.69, 9.17) is 0 Å². The average Bonchev–Trinajstić information content (AvgIpc) is 2.63. The lowest BCUT2D eigenvalue weighted by atomic mass is 9.96. The molecule has 3 atom stereocenters. The van der Waals surface area contributed by atoms with Crippen molar-refractivity contribution in [3.8, 4) is 0 Å². The summed E-state index contributed by atoms with van der Waals surface area (Å²) in [5.41, 5.74) is 0. The van der Waals surface area contributed by atoms with Gasteiger partial charge in [0.25, 0.3) is 0 Å². The molecule has 0 spiro atoms. The summed E-state index contributed by atoms with van der Waals surface area (Å²) in [7, 11) is 0. The molecule has 1 nitrogen and oxygen atoms in total. The molecule has 3 unspecified atom stereocenters. The summed E-state index contributed by atoms with van der Waals surface area (Å²) >= 11 is 5.39. The van der Waals surface area contributed by atoms with Crippen molar-refractivity contribution in [2.75, 3.05) is 0 Å². The van der Waals surface area contributed by atoms with Crippen molar-refractivity contribution < 1.29 is 0 Å². The maximum absolute atomic E-state index is 3.83. The summed E-state index contributed by atoms with van der Waals surface area (Å²) in [6.07, 6.45) is 6.96. The Morgan fingerprint density at radius 1 is 1.29 bits per heavy atom. The van der Waals surface area contributed by atoms with Gasteiger partial charge < -0.3 is 5.32 Å². The van der Waals surface area contributed by atoms with E-state index in [1.807, 2.05) is 11.3 Å². The van der Waals surface area contributed by atoms with Crippen LogP contribution in [0.5, 0.6) is 0 Å². The molecule has 96 valence electrons. The first kappa shape index (κ1) is 13.6. The predicted octanol–water partition coefficient (Wildman–Crippen LogP) is 5.13. The van der Waals surface area contributed by atoms with E-state index in [9.17, 15) is 0 Å². The highest BCUT2D eigenvalue weighted by Gasteiger charge is 2.22. The quantitative estimate of drug-likeness (QED) is 0.762. The first-order chi connectivity index (χ1) is 8.16. The summed E-state index contributed by atoms with van der Waals surface area (Å²) in [5, 5.41) is 3.83. The molecule has 1 fully saturated rings. The fourth-order valence-corrected chi connectivity index (χ4v) is 4.14. The maximum atomic E-state index is 3.83. The number of rotatable bonds is 3. The van der Waals surface area contributed by atoms with Gasteiger partial charge in [-0.2, -0.15) is 0 Å². The van der Waals surface area contributed by atoms with Gasteiger partial charge in [0.1, 0.15) is 0 Å². The third-order valence-electron chi connectivity index (χ3n) is 3.85. The van der Waals surface area contributed by atoms with Gasteiger partial charge in [-0.05, 0) is 53.7 Å². The van der Waals surface area contributed by atoms with E-state index in [-0.39, 0.29) is 0 Å². The molecule has 1 aromatic rings. The first-order valence-corrected chi connectivity index (χ1v) is 8.29. The summed E-state index contributed by atoms with van der Waals surface area (Å²) in [6, 6.07) is 5.56. The molecule has 0 amide bonds. The number of hydrogen-bond acceptors (Lipinski definition) is 2. The highest BCUT2D eigenvalue weighted by Crippen LogP contribution is 2.30. The number of nitrogens with one attached hydrogen (secondary N) is 1. The number of thiophene rings is 1. The molecule has 1 N–H and O–H groups in total. The van der Waals surface area contributed by atoms with Crippen LogP contribution < -0.4 is 5.32 Å². The second-order valence-corrected chi connectivity index (χ2v) is 7.75.